The third kappa shape index (κ3) is 2.50. The number of rotatable bonds is 3. The van der Waals surface area contributed by atoms with Gasteiger partial charge in [0.1, 0.15) is 5.60 Å². The molecule has 0 radical (unpaired) electrons. The predicted molar refractivity (Wildman–Crippen MR) is 78.3 cm³/mol. The fraction of sp³-hybridized carbons (Fsp3) is 0.375. The molecule has 0 saturated carbocycles. The Kier molecular flexibility index (Phi) is 3.60. The van der Waals surface area contributed by atoms with Gasteiger partial charge in [-0.1, -0.05) is 38.1 Å². The van der Waals surface area contributed by atoms with Crippen LogP contribution < -0.4 is 0 Å². The first kappa shape index (κ1) is 13.3. The van der Waals surface area contributed by atoms with Gasteiger partial charge in [0.15, 0.2) is 0 Å². The van der Waals surface area contributed by atoms with Gasteiger partial charge in [-0.15, -0.1) is 11.3 Å². The first-order valence-electron chi connectivity index (χ1n) is 6.31. The average Bonchev–Trinajstić information content (AvgIpc) is 2.76. The topological polar surface area (TPSA) is 20.2 Å². The second kappa shape index (κ2) is 4.87. The molecule has 0 saturated heterocycles. The molecule has 1 atom stereocenters. The summed E-state index contributed by atoms with van der Waals surface area (Å²) in [6, 6.07) is 12.3. The Hall–Kier alpha value is -1.12. The van der Waals surface area contributed by atoms with Crippen molar-refractivity contribution in [1.29, 1.82) is 0 Å². The minimum atomic E-state index is -0.894. The molecule has 1 aromatic carbocycles. The van der Waals surface area contributed by atoms with Crippen LogP contribution in [0.5, 0.6) is 0 Å². The number of aryl methyl sites for hydroxylation is 1. The molecule has 2 aromatic rings. The zero-order valence-corrected chi connectivity index (χ0v) is 12.2. The Bertz CT molecular complexity index is 520. The van der Waals surface area contributed by atoms with Crippen LogP contribution in [0.25, 0.3) is 0 Å². The van der Waals surface area contributed by atoms with Crippen LogP contribution in [0.3, 0.4) is 0 Å². The monoisotopic (exact) mass is 260 g/mol. The van der Waals surface area contributed by atoms with Crippen molar-refractivity contribution in [1.82, 2.24) is 0 Å². The van der Waals surface area contributed by atoms with Gasteiger partial charge in [0.2, 0.25) is 0 Å². The lowest BCUT2D eigenvalue weighted by Gasteiger charge is -2.23. The fourth-order valence-electron chi connectivity index (χ4n) is 2.03. The molecule has 96 valence electrons. The van der Waals surface area contributed by atoms with E-state index >= 15 is 0 Å². The molecule has 0 bridgehead atoms. The van der Waals surface area contributed by atoms with Gasteiger partial charge in [-0.2, -0.15) is 0 Å². The van der Waals surface area contributed by atoms with Crippen LogP contribution in [0.1, 0.15) is 47.6 Å². The molecule has 1 heterocycles. The van der Waals surface area contributed by atoms with E-state index in [0.717, 1.165) is 10.4 Å². The molecule has 0 aliphatic rings. The number of benzene rings is 1. The van der Waals surface area contributed by atoms with Gasteiger partial charge in [0.05, 0.1) is 0 Å². The molecule has 0 aliphatic heterocycles. The summed E-state index contributed by atoms with van der Waals surface area (Å²) in [5.74, 6) is 0.521. The molecule has 1 nitrogen and oxygen atoms in total. The van der Waals surface area contributed by atoms with E-state index in [1.54, 1.807) is 11.3 Å². The summed E-state index contributed by atoms with van der Waals surface area (Å²) in [4.78, 5) is 2.22. The molecule has 1 N–H and O–H groups in total. The molecule has 0 fully saturated rings. The standard InChI is InChI=1S/C16H20OS/c1-11(2)13-6-8-14(9-7-13)16(4,17)15-10-5-12(3)18-15/h5-11,17H,1-4H3. The molecular weight excluding hydrogens is 240 g/mol. The molecule has 1 unspecified atom stereocenters. The van der Waals surface area contributed by atoms with Crippen LogP contribution in [0.4, 0.5) is 0 Å². The van der Waals surface area contributed by atoms with Crippen LogP contribution in [0.15, 0.2) is 36.4 Å². The summed E-state index contributed by atoms with van der Waals surface area (Å²) in [5, 5.41) is 10.7. The summed E-state index contributed by atoms with van der Waals surface area (Å²) < 4.78 is 0. The van der Waals surface area contributed by atoms with Gasteiger partial charge in [-0.3, -0.25) is 0 Å². The average molecular weight is 260 g/mol. The van der Waals surface area contributed by atoms with Crippen LogP contribution >= 0.6 is 11.3 Å². The molecule has 2 rings (SSSR count). The highest BCUT2D eigenvalue weighted by molar-refractivity contribution is 7.12. The lowest BCUT2D eigenvalue weighted by molar-refractivity contribution is 0.106. The van der Waals surface area contributed by atoms with Gasteiger partial charge < -0.3 is 5.11 Å². The lowest BCUT2D eigenvalue weighted by Crippen LogP contribution is -2.21. The van der Waals surface area contributed by atoms with Gasteiger partial charge >= 0.3 is 0 Å². The normalized spacial score (nSPS) is 14.8. The summed E-state index contributed by atoms with van der Waals surface area (Å²) in [6.07, 6.45) is 0. The smallest absolute Gasteiger partial charge is 0.121 e. The van der Waals surface area contributed by atoms with Crippen molar-refractivity contribution in [3.05, 3.63) is 57.3 Å². The lowest BCUT2D eigenvalue weighted by atomic mass is 9.92. The number of aliphatic hydroxyl groups is 1. The molecule has 1 aromatic heterocycles. The van der Waals surface area contributed by atoms with Crippen molar-refractivity contribution < 1.29 is 5.11 Å². The van der Waals surface area contributed by atoms with Crippen molar-refractivity contribution in [3.8, 4) is 0 Å². The van der Waals surface area contributed by atoms with Crippen molar-refractivity contribution in [2.24, 2.45) is 0 Å². The summed E-state index contributed by atoms with van der Waals surface area (Å²) in [7, 11) is 0. The summed E-state index contributed by atoms with van der Waals surface area (Å²) >= 11 is 1.65. The zero-order valence-electron chi connectivity index (χ0n) is 11.4. The highest BCUT2D eigenvalue weighted by Gasteiger charge is 2.27. The first-order valence-corrected chi connectivity index (χ1v) is 7.12. The molecule has 0 spiro atoms. The Morgan fingerprint density at radius 1 is 1.06 bits per heavy atom. The Balaban J connectivity index is 2.35. The second-order valence-corrected chi connectivity index (χ2v) is 6.55. The van der Waals surface area contributed by atoms with Gasteiger partial charge in [0, 0.05) is 9.75 Å². The number of hydrogen-bond acceptors (Lipinski definition) is 2. The highest BCUT2D eigenvalue weighted by Crippen LogP contribution is 2.34. The van der Waals surface area contributed by atoms with E-state index in [1.807, 2.05) is 25.1 Å². The SMILES string of the molecule is Cc1ccc(C(C)(O)c2ccc(C(C)C)cc2)s1. The van der Waals surface area contributed by atoms with E-state index in [9.17, 15) is 5.11 Å². The molecule has 18 heavy (non-hydrogen) atoms. The third-order valence-electron chi connectivity index (χ3n) is 3.36. The van der Waals surface area contributed by atoms with E-state index in [4.69, 9.17) is 0 Å². The fourth-order valence-corrected chi connectivity index (χ4v) is 2.97. The van der Waals surface area contributed by atoms with Gasteiger partial charge in [-0.25, -0.2) is 0 Å². The van der Waals surface area contributed by atoms with E-state index in [0.29, 0.717) is 5.92 Å². The zero-order chi connectivity index (χ0) is 13.3. The van der Waals surface area contributed by atoms with E-state index < -0.39 is 5.60 Å². The molecule has 0 aliphatic carbocycles. The maximum absolute atomic E-state index is 10.7. The third-order valence-corrected chi connectivity index (χ3v) is 4.57. The number of thiophene rings is 1. The van der Waals surface area contributed by atoms with Crippen LogP contribution in [-0.2, 0) is 5.60 Å². The van der Waals surface area contributed by atoms with Crippen LogP contribution in [-0.4, -0.2) is 5.11 Å². The Morgan fingerprint density at radius 3 is 2.11 bits per heavy atom. The maximum atomic E-state index is 10.7. The van der Waals surface area contributed by atoms with Crippen LogP contribution in [0.2, 0.25) is 0 Å². The Labute approximate surface area is 113 Å². The van der Waals surface area contributed by atoms with Gasteiger partial charge in [0.25, 0.3) is 0 Å². The van der Waals surface area contributed by atoms with Crippen molar-refractivity contribution in [2.45, 2.75) is 39.2 Å². The highest BCUT2D eigenvalue weighted by atomic mass is 32.1. The minimum absolute atomic E-state index is 0.521. The van der Waals surface area contributed by atoms with Crippen molar-refractivity contribution in [3.63, 3.8) is 0 Å². The van der Waals surface area contributed by atoms with E-state index in [-0.39, 0.29) is 0 Å². The number of hydrogen-bond donors (Lipinski definition) is 1. The molecule has 0 amide bonds. The molecular formula is C16H20OS. The Morgan fingerprint density at radius 2 is 1.67 bits per heavy atom. The first-order chi connectivity index (χ1) is 8.41. The second-order valence-electron chi connectivity index (χ2n) is 5.26. The van der Waals surface area contributed by atoms with E-state index in [2.05, 4.69) is 39.0 Å². The summed E-state index contributed by atoms with van der Waals surface area (Å²) in [5.41, 5.74) is 1.36. The predicted octanol–water partition coefficient (Wildman–Crippen LogP) is 4.44. The summed E-state index contributed by atoms with van der Waals surface area (Å²) in [6.45, 7) is 8.28. The van der Waals surface area contributed by atoms with Crippen molar-refractivity contribution in [2.75, 3.05) is 0 Å². The quantitative estimate of drug-likeness (QED) is 0.865. The van der Waals surface area contributed by atoms with Crippen LogP contribution in [0, 0.1) is 6.92 Å². The van der Waals surface area contributed by atoms with Crippen molar-refractivity contribution >= 4 is 11.3 Å². The largest absolute Gasteiger partial charge is 0.380 e. The minimum Gasteiger partial charge on any atom is -0.380 e. The molecule has 2 heteroatoms. The van der Waals surface area contributed by atoms with Gasteiger partial charge in [-0.05, 0) is 43.0 Å². The van der Waals surface area contributed by atoms with E-state index in [1.165, 1.54) is 10.4 Å². The maximum Gasteiger partial charge on any atom is 0.121 e.